The van der Waals surface area contributed by atoms with Crippen molar-refractivity contribution in [3.8, 4) is 0 Å². The van der Waals surface area contributed by atoms with Gasteiger partial charge in [-0.1, -0.05) is 0 Å². The molecule has 2 rings (SSSR count). The Morgan fingerprint density at radius 2 is 1.88 bits per heavy atom. The number of rotatable bonds is 5. The number of alkyl halides is 3. The number of piperidine rings is 1. The van der Waals surface area contributed by atoms with Crippen molar-refractivity contribution in [3.63, 3.8) is 0 Å². The van der Waals surface area contributed by atoms with Gasteiger partial charge in [-0.2, -0.15) is 17.5 Å². The maximum absolute atomic E-state index is 12.8. The Morgan fingerprint density at radius 1 is 1.31 bits per heavy atom. The molecule has 1 saturated heterocycles. The minimum Gasteiger partial charge on any atom is -0.480 e. The molecule has 1 fully saturated rings. The Kier molecular flexibility index (Phi) is 5.99. The quantitative estimate of drug-likeness (QED) is 0.828. The average Bonchev–Trinajstić information content (AvgIpc) is 2.53. The van der Waals surface area contributed by atoms with Gasteiger partial charge in [-0.25, -0.2) is 8.42 Å². The molecule has 1 N–H and O–H groups in total. The van der Waals surface area contributed by atoms with Crippen LogP contribution in [-0.4, -0.2) is 61.4 Å². The summed E-state index contributed by atoms with van der Waals surface area (Å²) in [5, 5.41) is 8.82. The van der Waals surface area contributed by atoms with Crippen molar-refractivity contribution in [2.24, 2.45) is 0 Å². The molecule has 146 valence electrons. The summed E-state index contributed by atoms with van der Waals surface area (Å²) >= 11 is 0. The molecule has 0 saturated carbocycles. The fourth-order valence-corrected chi connectivity index (χ4v) is 4.68. The normalized spacial score (nSPS) is 17.6. The molecule has 26 heavy (non-hydrogen) atoms. The van der Waals surface area contributed by atoms with Crippen LogP contribution in [0.25, 0.3) is 0 Å². The number of carboxylic acid groups (broad SMARTS) is 1. The lowest BCUT2D eigenvalue weighted by Gasteiger charge is -2.35. The van der Waals surface area contributed by atoms with Gasteiger partial charge in [0, 0.05) is 19.1 Å². The Hall–Kier alpha value is -1.65. The summed E-state index contributed by atoms with van der Waals surface area (Å²) in [6.45, 7) is 1.48. The number of benzene rings is 1. The molecule has 0 aliphatic carbocycles. The molecular formula is C16H21F3N2O4S. The number of halogens is 3. The number of hydrogen-bond acceptors (Lipinski definition) is 4. The monoisotopic (exact) mass is 394 g/mol. The van der Waals surface area contributed by atoms with Gasteiger partial charge in [0.2, 0.25) is 10.0 Å². The second kappa shape index (κ2) is 7.53. The molecule has 0 aromatic heterocycles. The lowest BCUT2D eigenvalue weighted by atomic mass is 10.1. The van der Waals surface area contributed by atoms with Crippen molar-refractivity contribution in [2.45, 2.75) is 36.9 Å². The van der Waals surface area contributed by atoms with E-state index in [0.29, 0.717) is 12.8 Å². The highest BCUT2D eigenvalue weighted by Crippen LogP contribution is 2.33. The first-order valence-corrected chi connectivity index (χ1v) is 9.47. The maximum Gasteiger partial charge on any atom is 0.416 e. The fraction of sp³-hybridized carbons (Fsp3) is 0.562. The number of aliphatic carboxylic acids is 1. The molecule has 1 aromatic rings. The minimum absolute atomic E-state index is 0.0492. The van der Waals surface area contributed by atoms with Crippen LogP contribution in [0.5, 0.6) is 0 Å². The lowest BCUT2D eigenvalue weighted by Crippen LogP contribution is -2.46. The van der Waals surface area contributed by atoms with Crippen LogP contribution < -0.4 is 0 Å². The number of carboxylic acids is 1. The fourth-order valence-electron chi connectivity index (χ4n) is 3.13. The molecule has 0 spiro atoms. The molecule has 1 aromatic carbocycles. The zero-order valence-corrected chi connectivity index (χ0v) is 15.3. The van der Waals surface area contributed by atoms with Crippen molar-refractivity contribution in [3.05, 3.63) is 29.3 Å². The molecule has 0 bridgehead atoms. The third-order valence-electron chi connectivity index (χ3n) is 4.57. The summed E-state index contributed by atoms with van der Waals surface area (Å²) in [6, 6.07) is 2.76. The van der Waals surface area contributed by atoms with Gasteiger partial charge in [-0.15, -0.1) is 0 Å². The first-order valence-electron chi connectivity index (χ1n) is 8.03. The van der Waals surface area contributed by atoms with E-state index in [2.05, 4.69) is 0 Å². The predicted octanol–water partition coefficient (Wildman–Crippen LogP) is 2.18. The van der Waals surface area contributed by atoms with E-state index >= 15 is 0 Å². The second-order valence-corrected chi connectivity index (χ2v) is 8.36. The van der Waals surface area contributed by atoms with Crippen LogP contribution in [0.4, 0.5) is 13.2 Å². The molecule has 0 atom stereocenters. The van der Waals surface area contributed by atoms with E-state index in [1.807, 2.05) is 0 Å². The number of carbonyl (C=O) groups is 1. The van der Waals surface area contributed by atoms with Gasteiger partial charge in [0.1, 0.15) is 0 Å². The van der Waals surface area contributed by atoms with Crippen molar-refractivity contribution < 1.29 is 31.5 Å². The van der Waals surface area contributed by atoms with E-state index in [-0.39, 0.29) is 36.1 Å². The lowest BCUT2D eigenvalue weighted by molar-refractivity contribution is -0.139. The van der Waals surface area contributed by atoms with Crippen LogP contribution in [-0.2, 0) is 21.0 Å². The standard InChI is InChI=1S/C16H21F3N2O4S/c1-11-9-13(3-4-14(11)16(17,18)19)26(24,25)21-7-5-12(6-8-21)20(2)10-15(22)23/h3-4,9,12H,5-8,10H2,1-2H3,(H,22,23). The number of sulfonamides is 1. The molecule has 0 unspecified atom stereocenters. The summed E-state index contributed by atoms with van der Waals surface area (Å²) in [7, 11) is -2.22. The highest BCUT2D eigenvalue weighted by atomic mass is 32.2. The molecular weight excluding hydrogens is 373 g/mol. The highest BCUT2D eigenvalue weighted by molar-refractivity contribution is 7.89. The summed E-state index contributed by atoms with van der Waals surface area (Å²) in [5.74, 6) is -0.956. The van der Waals surface area contributed by atoms with Crippen LogP contribution in [0, 0.1) is 6.92 Å². The predicted molar refractivity (Wildman–Crippen MR) is 88.2 cm³/mol. The second-order valence-electron chi connectivity index (χ2n) is 6.42. The van der Waals surface area contributed by atoms with Gasteiger partial charge in [0.15, 0.2) is 0 Å². The number of aryl methyl sites for hydroxylation is 1. The summed E-state index contributed by atoms with van der Waals surface area (Å²) in [4.78, 5) is 12.3. The molecule has 1 aliphatic rings. The molecule has 6 nitrogen and oxygen atoms in total. The smallest absolute Gasteiger partial charge is 0.416 e. The van der Waals surface area contributed by atoms with Crippen LogP contribution >= 0.6 is 0 Å². The van der Waals surface area contributed by atoms with E-state index in [0.717, 1.165) is 18.2 Å². The SMILES string of the molecule is Cc1cc(S(=O)(=O)N2CCC(N(C)CC(=O)O)CC2)ccc1C(F)(F)F. The third-order valence-corrected chi connectivity index (χ3v) is 6.47. The minimum atomic E-state index is -4.53. The molecule has 1 aliphatic heterocycles. The van der Waals surface area contributed by atoms with Gasteiger partial charge in [-0.05, 0) is 50.6 Å². The number of nitrogens with zero attached hydrogens (tertiary/aromatic N) is 2. The van der Waals surface area contributed by atoms with E-state index in [1.165, 1.54) is 11.2 Å². The summed E-state index contributed by atoms with van der Waals surface area (Å²) in [5.41, 5.74) is -1.000. The first kappa shape index (κ1) is 20.7. The van der Waals surface area contributed by atoms with Gasteiger partial charge in [0.25, 0.3) is 0 Å². The molecule has 1 heterocycles. The molecule has 0 radical (unpaired) electrons. The van der Waals surface area contributed by atoms with Crippen LogP contribution in [0.3, 0.4) is 0 Å². The third kappa shape index (κ3) is 4.54. The maximum atomic E-state index is 12.8. The van der Waals surface area contributed by atoms with E-state index in [1.54, 1.807) is 11.9 Å². The van der Waals surface area contributed by atoms with Crippen LogP contribution in [0.2, 0.25) is 0 Å². The number of hydrogen-bond donors (Lipinski definition) is 1. The van der Waals surface area contributed by atoms with Crippen LogP contribution in [0.1, 0.15) is 24.0 Å². The van der Waals surface area contributed by atoms with Gasteiger partial charge < -0.3 is 5.11 Å². The Bertz CT molecular complexity index is 772. The zero-order chi connectivity index (χ0) is 19.7. The van der Waals surface area contributed by atoms with Crippen LogP contribution in [0.15, 0.2) is 23.1 Å². The van der Waals surface area contributed by atoms with Gasteiger partial charge >= 0.3 is 12.1 Å². The average molecular weight is 394 g/mol. The Labute approximate surface area is 150 Å². The van der Waals surface area contributed by atoms with Crippen molar-refractivity contribution >= 4 is 16.0 Å². The van der Waals surface area contributed by atoms with E-state index in [9.17, 15) is 26.4 Å². The van der Waals surface area contributed by atoms with E-state index in [4.69, 9.17) is 5.11 Å². The largest absolute Gasteiger partial charge is 0.480 e. The molecule has 10 heteroatoms. The van der Waals surface area contributed by atoms with Gasteiger partial charge in [-0.3, -0.25) is 9.69 Å². The Balaban J connectivity index is 2.12. The van der Waals surface area contributed by atoms with E-state index < -0.39 is 27.7 Å². The van der Waals surface area contributed by atoms with Crippen molar-refractivity contribution in [1.29, 1.82) is 0 Å². The topological polar surface area (TPSA) is 77.9 Å². The Morgan fingerprint density at radius 3 is 2.35 bits per heavy atom. The summed E-state index contributed by atoms with van der Waals surface area (Å²) < 4.78 is 65.1. The number of likely N-dealkylation sites (N-methyl/N-ethyl adjacent to an activating group) is 1. The zero-order valence-electron chi connectivity index (χ0n) is 14.5. The molecule has 0 amide bonds. The van der Waals surface area contributed by atoms with Gasteiger partial charge in [0.05, 0.1) is 17.0 Å². The highest BCUT2D eigenvalue weighted by Gasteiger charge is 2.35. The first-order chi connectivity index (χ1) is 11.9. The van der Waals surface area contributed by atoms with Crippen molar-refractivity contribution in [2.75, 3.05) is 26.7 Å². The van der Waals surface area contributed by atoms with Crippen molar-refractivity contribution in [1.82, 2.24) is 9.21 Å². The summed E-state index contributed by atoms with van der Waals surface area (Å²) in [6.07, 6.45) is -3.61.